The summed E-state index contributed by atoms with van der Waals surface area (Å²) in [5.74, 6) is 0.375. The van der Waals surface area contributed by atoms with Crippen molar-refractivity contribution < 1.29 is 5.11 Å². The van der Waals surface area contributed by atoms with Crippen LogP contribution in [0.4, 0.5) is 0 Å². The summed E-state index contributed by atoms with van der Waals surface area (Å²) >= 11 is 12.5. The van der Waals surface area contributed by atoms with Crippen LogP contribution in [0.15, 0.2) is 30.6 Å². The smallest absolute Gasteiger partial charge is 0.159 e. The third kappa shape index (κ3) is 3.02. The Balaban J connectivity index is 2.10. The van der Waals surface area contributed by atoms with Crippen LogP contribution in [0.5, 0.6) is 0 Å². The van der Waals surface area contributed by atoms with Gasteiger partial charge in [0.25, 0.3) is 0 Å². The van der Waals surface area contributed by atoms with Gasteiger partial charge in [0, 0.05) is 23.3 Å². The van der Waals surface area contributed by atoms with E-state index in [1.807, 2.05) is 25.1 Å². The summed E-state index contributed by atoms with van der Waals surface area (Å²) in [5, 5.41) is 11.7. The number of aromatic nitrogens is 3. The number of aryl methyl sites for hydroxylation is 1. The van der Waals surface area contributed by atoms with Gasteiger partial charge in [0.15, 0.2) is 5.82 Å². The summed E-state index contributed by atoms with van der Waals surface area (Å²) in [5.41, 5.74) is 2.15. The molecule has 0 spiro atoms. The lowest BCUT2D eigenvalue weighted by atomic mass is 10.0. The van der Waals surface area contributed by atoms with Crippen molar-refractivity contribution in [2.24, 2.45) is 0 Å². The third-order valence-electron chi connectivity index (χ3n) is 3.56. The van der Waals surface area contributed by atoms with E-state index in [-0.39, 0.29) is 0 Å². The van der Waals surface area contributed by atoms with E-state index in [9.17, 15) is 5.11 Å². The van der Waals surface area contributed by atoms with Gasteiger partial charge >= 0.3 is 0 Å². The number of nitrogens with zero attached hydrogens (tertiary/aromatic N) is 3. The molecule has 0 fully saturated rings. The lowest BCUT2D eigenvalue weighted by Gasteiger charge is -2.15. The Morgan fingerprint density at radius 1 is 1.00 bits per heavy atom. The Morgan fingerprint density at radius 3 is 2.26 bits per heavy atom. The molecular weight excluding hydrogens is 333 g/mol. The molecule has 0 aliphatic heterocycles. The Labute approximate surface area is 144 Å². The number of rotatable bonds is 2. The zero-order valence-corrected chi connectivity index (χ0v) is 14.4. The maximum atomic E-state index is 9.92. The van der Waals surface area contributed by atoms with E-state index in [1.54, 1.807) is 26.2 Å². The summed E-state index contributed by atoms with van der Waals surface area (Å²) in [6.07, 6.45) is 3.36. The molecule has 0 bridgehead atoms. The molecule has 0 atom stereocenters. The number of pyridine rings is 1. The molecule has 0 saturated heterocycles. The maximum absolute atomic E-state index is 9.92. The van der Waals surface area contributed by atoms with Crippen LogP contribution in [0, 0.1) is 6.92 Å². The van der Waals surface area contributed by atoms with Crippen LogP contribution in [-0.2, 0) is 5.60 Å². The minimum absolute atomic E-state index is 0.375. The highest BCUT2D eigenvalue weighted by atomic mass is 35.5. The molecule has 0 aliphatic rings. The lowest BCUT2D eigenvalue weighted by Crippen LogP contribution is -2.19. The van der Waals surface area contributed by atoms with Crippen molar-refractivity contribution in [3.63, 3.8) is 0 Å². The minimum atomic E-state index is -1.07. The van der Waals surface area contributed by atoms with Crippen molar-refractivity contribution in [3.05, 3.63) is 52.2 Å². The topological polar surface area (TPSA) is 58.9 Å². The van der Waals surface area contributed by atoms with Crippen molar-refractivity contribution in [2.45, 2.75) is 26.4 Å². The molecule has 0 radical (unpaired) electrons. The van der Waals surface area contributed by atoms with E-state index in [4.69, 9.17) is 23.2 Å². The van der Waals surface area contributed by atoms with Crippen LogP contribution in [-0.4, -0.2) is 20.1 Å². The molecule has 0 amide bonds. The molecule has 1 aromatic carbocycles. The highest BCUT2D eigenvalue weighted by molar-refractivity contribution is 6.45. The second kappa shape index (κ2) is 5.71. The van der Waals surface area contributed by atoms with E-state index in [0.717, 1.165) is 22.0 Å². The first kappa shape index (κ1) is 16.1. The molecule has 2 heterocycles. The highest BCUT2D eigenvalue weighted by Gasteiger charge is 2.19. The van der Waals surface area contributed by atoms with Gasteiger partial charge < -0.3 is 5.11 Å². The number of fused-ring (bicyclic) bond motifs is 1. The highest BCUT2D eigenvalue weighted by Crippen LogP contribution is 2.34. The standard InChI is InChI=1S/C17H15Cl2N3O/c1-9-14(18)15(19)12-6-10(4-5-13(12)22-9)11-7-20-16(21-8-11)17(2,3)23/h4-8,23H,1-3H3. The van der Waals surface area contributed by atoms with Gasteiger partial charge in [-0.2, -0.15) is 0 Å². The molecule has 6 heteroatoms. The van der Waals surface area contributed by atoms with Crippen molar-refractivity contribution >= 4 is 34.1 Å². The lowest BCUT2D eigenvalue weighted by molar-refractivity contribution is 0.0687. The summed E-state index contributed by atoms with van der Waals surface area (Å²) < 4.78 is 0. The second-order valence-electron chi connectivity index (χ2n) is 5.91. The zero-order chi connectivity index (χ0) is 16.8. The Morgan fingerprint density at radius 2 is 1.65 bits per heavy atom. The van der Waals surface area contributed by atoms with E-state index in [2.05, 4.69) is 15.0 Å². The summed E-state index contributed by atoms with van der Waals surface area (Å²) in [6, 6.07) is 5.74. The van der Waals surface area contributed by atoms with Crippen molar-refractivity contribution in [2.75, 3.05) is 0 Å². The van der Waals surface area contributed by atoms with E-state index in [0.29, 0.717) is 21.6 Å². The van der Waals surface area contributed by atoms with Crippen molar-refractivity contribution in [1.29, 1.82) is 0 Å². The number of aliphatic hydroxyl groups is 1. The summed E-state index contributed by atoms with van der Waals surface area (Å²) in [4.78, 5) is 12.9. The quantitative estimate of drug-likeness (QED) is 0.739. The normalized spacial score (nSPS) is 11.9. The first-order valence-electron chi connectivity index (χ1n) is 7.08. The SMILES string of the molecule is Cc1nc2ccc(-c3cnc(C(C)(C)O)nc3)cc2c(Cl)c1Cl. The zero-order valence-electron chi connectivity index (χ0n) is 12.9. The average Bonchev–Trinajstić information content (AvgIpc) is 2.52. The van der Waals surface area contributed by atoms with Gasteiger partial charge in [-0.3, -0.25) is 4.98 Å². The van der Waals surface area contributed by atoms with Crippen LogP contribution in [0.1, 0.15) is 25.4 Å². The van der Waals surface area contributed by atoms with Gasteiger partial charge in [0.2, 0.25) is 0 Å². The molecule has 0 saturated carbocycles. The Kier molecular flexibility index (Phi) is 4.00. The molecule has 3 rings (SSSR count). The maximum Gasteiger partial charge on any atom is 0.159 e. The monoisotopic (exact) mass is 347 g/mol. The third-order valence-corrected chi connectivity index (χ3v) is 4.52. The number of benzene rings is 1. The van der Waals surface area contributed by atoms with Crippen molar-refractivity contribution in [3.8, 4) is 11.1 Å². The van der Waals surface area contributed by atoms with Gasteiger partial charge in [-0.05, 0) is 38.5 Å². The summed E-state index contributed by atoms with van der Waals surface area (Å²) in [6.45, 7) is 5.12. The van der Waals surface area contributed by atoms with Crippen LogP contribution in [0.2, 0.25) is 10.0 Å². The van der Waals surface area contributed by atoms with E-state index in [1.165, 1.54) is 0 Å². The molecule has 1 N–H and O–H groups in total. The number of hydrogen-bond donors (Lipinski definition) is 1. The van der Waals surface area contributed by atoms with E-state index >= 15 is 0 Å². The van der Waals surface area contributed by atoms with Gasteiger partial charge in [0.1, 0.15) is 5.60 Å². The fourth-order valence-corrected chi connectivity index (χ4v) is 2.72. The predicted molar refractivity (Wildman–Crippen MR) is 92.8 cm³/mol. The first-order chi connectivity index (χ1) is 10.8. The Bertz CT molecular complexity index is 887. The largest absolute Gasteiger partial charge is 0.382 e. The molecule has 4 nitrogen and oxygen atoms in total. The molecular formula is C17H15Cl2N3O. The van der Waals surface area contributed by atoms with Gasteiger partial charge in [-0.15, -0.1) is 0 Å². The molecule has 23 heavy (non-hydrogen) atoms. The summed E-state index contributed by atoms with van der Waals surface area (Å²) in [7, 11) is 0. The first-order valence-corrected chi connectivity index (χ1v) is 7.83. The van der Waals surface area contributed by atoms with Crippen molar-refractivity contribution in [1.82, 2.24) is 15.0 Å². The molecule has 2 aromatic heterocycles. The average molecular weight is 348 g/mol. The van der Waals surface area contributed by atoms with Crippen LogP contribution in [0.25, 0.3) is 22.0 Å². The minimum Gasteiger partial charge on any atom is -0.382 e. The second-order valence-corrected chi connectivity index (χ2v) is 6.67. The Hall–Kier alpha value is -1.75. The van der Waals surface area contributed by atoms with Crippen LogP contribution in [0.3, 0.4) is 0 Å². The van der Waals surface area contributed by atoms with Gasteiger partial charge in [0.05, 0.1) is 21.3 Å². The molecule has 0 aliphatic carbocycles. The van der Waals surface area contributed by atoms with E-state index < -0.39 is 5.60 Å². The molecule has 118 valence electrons. The van der Waals surface area contributed by atoms with Gasteiger partial charge in [-0.1, -0.05) is 29.3 Å². The van der Waals surface area contributed by atoms with Gasteiger partial charge in [-0.25, -0.2) is 9.97 Å². The fourth-order valence-electron chi connectivity index (χ4n) is 2.29. The fraction of sp³-hybridized carbons (Fsp3) is 0.235. The molecule has 3 aromatic rings. The number of hydrogen-bond acceptors (Lipinski definition) is 4. The van der Waals surface area contributed by atoms with Crippen LogP contribution >= 0.6 is 23.2 Å². The molecule has 0 unspecified atom stereocenters. The van der Waals surface area contributed by atoms with Crippen LogP contribution < -0.4 is 0 Å². The number of halogens is 2. The predicted octanol–water partition coefficient (Wildman–Crippen LogP) is 4.53.